The Balaban J connectivity index is 1.98. The minimum Gasteiger partial charge on any atom is -0.481 e. The molecule has 1 atom stereocenters. The summed E-state index contributed by atoms with van der Waals surface area (Å²) in [6.07, 6.45) is 6.42. The van der Waals surface area contributed by atoms with Crippen molar-refractivity contribution in [3.63, 3.8) is 0 Å². The van der Waals surface area contributed by atoms with E-state index in [0.29, 0.717) is 0 Å². The Morgan fingerprint density at radius 1 is 1.21 bits per heavy atom. The summed E-state index contributed by atoms with van der Waals surface area (Å²) in [5.74, 6) is -1.37. The molecule has 0 aromatic heterocycles. The summed E-state index contributed by atoms with van der Waals surface area (Å²) >= 11 is 1.07. The van der Waals surface area contributed by atoms with Gasteiger partial charge < -0.3 is 5.11 Å². The molecule has 6 heteroatoms. The Morgan fingerprint density at radius 2 is 1.84 bits per heavy atom. The molecule has 1 unspecified atom stereocenters. The smallest absolute Gasteiger partial charge is 0.313 e. The molecule has 0 aromatic carbocycles. The third-order valence-electron chi connectivity index (χ3n) is 3.74. The van der Waals surface area contributed by atoms with Gasteiger partial charge in [-0.2, -0.15) is 0 Å². The van der Waals surface area contributed by atoms with Crippen LogP contribution in [0, 0.1) is 0 Å². The fourth-order valence-electron chi connectivity index (χ4n) is 2.82. The highest BCUT2D eigenvalue weighted by Gasteiger charge is 2.42. The zero-order valence-electron chi connectivity index (χ0n) is 10.8. The van der Waals surface area contributed by atoms with Crippen LogP contribution in [-0.4, -0.2) is 44.8 Å². The lowest BCUT2D eigenvalue weighted by molar-refractivity contribution is -0.141. The molecular formula is C13H19NO4S. The molecule has 1 aliphatic carbocycles. The highest BCUT2D eigenvalue weighted by atomic mass is 32.2. The van der Waals surface area contributed by atoms with Crippen LogP contribution in [0.25, 0.3) is 0 Å². The van der Waals surface area contributed by atoms with Crippen LogP contribution in [0.4, 0.5) is 0 Å². The SMILES string of the molecule is O=C(O)CSC1CC(=O)N(C2CCCCCC2)C1=O. The van der Waals surface area contributed by atoms with E-state index < -0.39 is 11.2 Å². The zero-order valence-corrected chi connectivity index (χ0v) is 11.7. The molecule has 19 heavy (non-hydrogen) atoms. The van der Waals surface area contributed by atoms with Gasteiger partial charge in [-0.3, -0.25) is 19.3 Å². The number of thioether (sulfide) groups is 1. The number of rotatable bonds is 4. The van der Waals surface area contributed by atoms with Crippen molar-refractivity contribution in [1.29, 1.82) is 0 Å². The van der Waals surface area contributed by atoms with Crippen LogP contribution in [0.15, 0.2) is 0 Å². The first-order valence-corrected chi connectivity index (χ1v) is 7.84. The molecule has 1 saturated heterocycles. The molecule has 2 amide bonds. The largest absolute Gasteiger partial charge is 0.481 e. The van der Waals surface area contributed by atoms with Crippen molar-refractivity contribution in [2.75, 3.05) is 5.75 Å². The summed E-state index contributed by atoms with van der Waals surface area (Å²) in [7, 11) is 0. The minimum atomic E-state index is -0.946. The first-order valence-electron chi connectivity index (χ1n) is 6.79. The number of carbonyl (C=O) groups is 3. The van der Waals surface area contributed by atoms with Crippen LogP contribution in [0.2, 0.25) is 0 Å². The molecule has 2 rings (SSSR count). The van der Waals surface area contributed by atoms with E-state index in [9.17, 15) is 14.4 Å². The van der Waals surface area contributed by atoms with E-state index in [1.54, 1.807) is 0 Å². The Kier molecular flexibility index (Phi) is 4.85. The molecule has 1 aliphatic heterocycles. The van der Waals surface area contributed by atoms with Crippen molar-refractivity contribution < 1.29 is 19.5 Å². The summed E-state index contributed by atoms with van der Waals surface area (Å²) in [4.78, 5) is 36.2. The number of imide groups is 1. The highest BCUT2D eigenvalue weighted by molar-refractivity contribution is 8.01. The van der Waals surface area contributed by atoms with Crippen LogP contribution in [0.5, 0.6) is 0 Å². The van der Waals surface area contributed by atoms with Gasteiger partial charge in [-0.05, 0) is 12.8 Å². The van der Waals surface area contributed by atoms with Gasteiger partial charge in [0.1, 0.15) is 0 Å². The molecule has 0 aromatic rings. The van der Waals surface area contributed by atoms with Gasteiger partial charge in [-0.1, -0.05) is 25.7 Å². The molecule has 0 radical (unpaired) electrons. The van der Waals surface area contributed by atoms with Gasteiger partial charge >= 0.3 is 5.97 Å². The zero-order chi connectivity index (χ0) is 13.8. The van der Waals surface area contributed by atoms with Gasteiger partial charge in [0.15, 0.2) is 0 Å². The predicted octanol–water partition coefficient (Wildman–Crippen LogP) is 1.65. The summed E-state index contributed by atoms with van der Waals surface area (Å²) < 4.78 is 0. The summed E-state index contributed by atoms with van der Waals surface area (Å²) in [5.41, 5.74) is 0. The number of carboxylic acids is 1. The second-order valence-corrected chi connectivity index (χ2v) is 6.34. The molecule has 0 spiro atoms. The number of nitrogens with zero attached hydrogens (tertiary/aromatic N) is 1. The minimum absolute atomic E-state index is 0.0397. The predicted molar refractivity (Wildman–Crippen MR) is 71.8 cm³/mol. The van der Waals surface area contributed by atoms with E-state index >= 15 is 0 Å². The summed E-state index contributed by atoms with van der Waals surface area (Å²) in [5, 5.41) is 8.15. The van der Waals surface area contributed by atoms with E-state index in [-0.39, 0.29) is 30.0 Å². The van der Waals surface area contributed by atoms with Crippen LogP contribution in [-0.2, 0) is 14.4 Å². The van der Waals surface area contributed by atoms with Crippen molar-refractivity contribution in [3.8, 4) is 0 Å². The lowest BCUT2D eigenvalue weighted by Crippen LogP contribution is -2.40. The van der Waals surface area contributed by atoms with Crippen molar-refractivity contribution in [1.82, 2.24) is 4.90 Å². The third kappa shape index (κ3) is 3.49. The number of hydrogen-bond acceptors (Lipinski definition) is 4. The van der Waals surface area contributed by atoms with Gasteiger partial charge in [-0.15, -0.1) is 11.8 Å². The normalized spacial score (nSPS) is 25.7. The van der Waals surface area contributed by atoms with Crippen LogP contribution in [0.1, 0.15) is 44.9 Å². The quantitative estimate of drug-likeness (QED) is 0.628. The fourth-order valence-corrected chi connectivity index (χ4v) is 3.68. The van der Waals surface area contributed by atoms with E-state index in [1.807, 2.05) is 0 Å². The van der Waals surface area contributed by atoms with Gasteiger partial charge in [0.25, 0.3) is 0 Å². The van der Waals surface area contributed by atoms with Crippen molar-refractivity contribution in [2.45, 2.75) is 56.2 Å². The van der Waals surface area contributed by atoms with Crippen LogP contribution < -0.4 is 0 Å². The fraction of sp³-hybridized carbons (Fsp3) is 0.769. The average molecular weight is 285 g/mol. The van der Waals surface area contributed by atoms with Gasteiger partial charge in [-0.25, -0.2) is 0 Å². The van der Waals surface area contributed by atoms with E-state index in [4.69, 9.17) is 5.11 Å². The number of likely N-dealkylation sites (tertiary alicyclic amines) is 1. The molecule has 5 nitrogen and oxygen atoms in total. The van der Waals surface area contributed by atoms with Gasteiger partial charge in [0, 0.05) is 12.5 Å². The van der Waals surface area contributed by atoms with Crippen molar-refractivity contribution in [3.05, 3.63) is 0 Å². The van der Waals surface area contributed by atoms with Crippen LogP contribution in [0.3, 0.4) is 0 Å². The standard InChI is InChI=1S/C13H19NO4S/c15-11-7-10(19-8-12(16)17)13(18)14(11)9-5-3-1-2-4-6-9/h9-10H,1-8H2,(H,16,17). The van der Waals surface area contributed by atoms with Gasteiger partial charge in [0.2, 0.25) is 11.8 Å². The van der Waals surface area contributed by atoms with E-state index in [2.05, 4.69) is 0 Å². The third-order valence-corrected chi connectivity index (χ3v) is 4.92. The Bertz CT molecular complexity index is 377. The lowest BCUT2D eigenvalue weighted by atomic mass is 10.1. The molecule has 1 N–H and O–H groups in total. The maximum Gasteiger partial charge on any atom is 0.313 e. The lowest BCUT2D eigenvalue weighted by Gasteiger charge is -2.25. The maximum absolute atomic E-state index is 12.2. The number of amides is 2. The number of carboxylic acid groups (broad SMARTS) is 1. The van der Waals surface area contributed by atoms with Crippen molar-refractivity contribution in [2.24, 2.45) is 0 Å². The topological polar surface area (TPSA) is 74.7 Å². The van der Waals surface area contributed by atoms with E-state index in [0.717, 1.165) is 37.4 Å². The number of hydrogen-bond donors (Lipinski definition) is 1. The molecule has 2 aliphatic rings. The molecule has 1 saturated carbocycles. The van der Waals surface area contributed by atoms with Crippen LogP contribution >= 0.6 is 11.8 Å². The first kappa shape index (κ1) is 14.4. The number of aliphatic carboxylic acids is 1. The highest BCUT2D eigenvalue weighted by Crippen LogP contribution is 2.31. The second-order valence-electron chi connectivity index (χ2n) is 5.14. The maximum atomic E-state index is 12.2. The molecule has 0 bridgehead atoms. The second kappa shape index (κ2) is 6.41. The Hall–Kier alpha value is -1.04. The first-order chi connectivity index (χ1) is 9.09. The van der Waals surface area contributed by atoms with E-state index in [1.165, 1.54) is 17.7 Å². The monoisotopic (exact) mass is 285 g/mol. The summed E-state index contributed by atoms with van der Waals surface area (Å²) in [6.45, 7) is 0. The average Bonchev–Trinajstić information content (AvgIpc) is 2.58. The molecule has 2 fully saturated rings. The van der Waals surface area contributed by atoms with Crippen molar-refractivity contribution >= 4 is 29.5 Å². The Labute approximate surface area is 116 Å². The van der Waals surface area contributed by atoms with Gasteiger partial charge in [0.05, 0.1) is 11.0 Å². The molecular weight excluding hydrogens is 266 g/mol. The Morgan fingerprint density at radius 3 is 2.42 bits per heavy atom. The number of carbonyl (C=O) groups excluding carboxylic acids is 2. The summed E-state index contributed by atoms with van der Waals surface area (Å²) in [6, 6.07) is 0.0397. The molecule has 1 heterocycles. The molecule has 106 valence electrons.